The van der Waals surface area contributed by atoms with Crippen molar-refractivity contribution in [3.8, 4) is 5.75 Å². The summed E-state index contributed by atoms with van der Waals surface area (Å²) in [5, 5.41) is 0. The molecule has 0 aliphatic carbocycles. The van der Waals surface area contributed by atoms with Gasteiger partial charge in [0.25, 0.3) is 0 Å². The van der Waals surface area contributed by atoms with E-state index in [0.717, 1.165) is 18.6 Å². The van der Waals surface area contributed by atoms with Crippen LogP contribution in [-0.4, -0.2) is 19.8 Å². The Bertz CT molecular complexity index is 345. The maximum absolute atomic E-state index is 13.0. The molecule has 0 saturated heterocycles. The van der Waals surface area contributed by atoms with Crippen molar-refractivity contribution in [1.29, 1.82) is 0 Å². The second kappa shape index (κ2) is 6.27. The lowest BCUT2D eigenvalue weighted by Crippen LogP contribution is -2.09. The average Bonchev–Trinajstić information content (AvgIpc) is 2.24. The molecule has 0 amide bonds. The van der Waals surface area contributed by atoms with Crippen LogP contribution in [0.2, 0.25) is 0 Å². The van der Waals surface area contributed by atoms with Crippen LogP contribution in [0.1, 0.15) is 13.3 Å². The molecule has 0 spiro atoms. The SMILES string of the molecule is CCCOCCOc1cc(F)cc(F)c1N. The molecule has 16 heavy (non-hydrogen) atoms. The first kappa shape index (κ1) is 12.7. The molecule has 0 saturated carbocycles. The molecular weight excluding hydrogens is 216 g/mol. The van der Waals surface area contributed by atoms with Gasteiger partial charge in [0.1, 0.15) is 23.9 Å². The highest BCUT2D eigenvalue weighted by Crippen LogP contribution is 2.25. The van der Waals surface area contributed by atoms with E-state index in [9.17, 15) is 8.78 Å². The quantitative estimate of drug-likeness (QED) is 0.603. The minimum Gasteiger partial charge on any atom is -0.489 e. The fourth-order valence-corrected chi connectivity index (χ4v) is 1.14. The first-order chi connectivity index (χ1) is 7.65. The van der Waals surface area contributed by atoms with Crippen LogP contribution in [0.3, 0.4) is 0 Å². The first-order valence-corrected chi connectivity index (χ1v) is 5.10. The van der Waals surface area contributed by atoms with Gasteiger partial charge in [0.15, 0.2) is 5.82 Å². The molecule has 1 rings (SSSR count). The summed E-state index contributed by atoms with van der Waals surface area (Å²) in [5.41, 5.74) is 5.20. The van der Waals surface area contributed by atoms with E-state index in [1.54, 1.807) is 0 Å². The van der Waals surface area contributed by atoms with Crippen LogP contribution < -0.4 is 10.5 Å². The summed E-state index contributed by atoms with van der Waals surface area (Å²) < 4.78 is 36.1. The molecule has 0 aromatic heterocycles. The van der Waals surface area contributed by atoms with Crippen molar-refractivity contribution in [1.82, 2.24) is 0 Å². The summed E-state index contributed by atoms with van der Waals surface area (Å²) in [6.45, 7) is 3.20. The Morgan fingerprint density at radius 2 is 1.94 bits per heavy atom. The van der Waals surface area contributed by atoms with Crippen molar-refractivity contribution in [2.45, 2.75) is 13.3 Å². The molecule has 90 valence electrons. The Morgan fingerprint density at radius 3 is 2.62 bits per heavy atom. The van der Waals surface area contributed by atoms with Crippen molar-refractivity contribution in [3.05, 3.63) is 23.8 Å². The Kier molecular flexibility index (Phi) is 4.98. The molecule has 0 radical (unpaired) electrons. The van der Waals surface area contributed by atoms with Gasteiger partial charge in [-0.25, -0.2) is 8.78 Å². The molecular formula is C11H15F2NO2. The van der Waals surface area contributed by atoms with Crippen LogP contribution in [0.5, 0.6) is 5.75 Å². The average molecular weight is 231 g/mol. The van der Waals surface area contributed by atoms with E-state index in [1.807, 2.05) is 6.92 Å². The number of halogens is 2. The number of rotatable bonds is 6. The van der Waals surface area contributed by atoms with E-state index in [4.69, 9.17) is 15.2 Å². The molecule has 0 bridgehead atoms. The van der Waals surface area contributed by atoms with E-state index in [2.05, 4.69) is 0 Å². The molecule has 1 aromatic rings. The normalized spacial score (nSPS) is 10.4. The zero-order chi connectivity index (χ0) is 12.0. The third kappa shape index (κ3) is 3.66. The lowest BCUT2D eigenvalue weighted by Gasteiger charge is -2.09. The Balaban J connectivity index is 2.47. The van der Waals surface area contributed by atoms with Gasteiger partial charge in [0.05, 0.1) is 6.61 Å². The van der Waals surface area contributed by atoms with Gasteiger partial charge in [-0.05, 0) is 6.42 Å². The number of ether oxygens (including phenoxy) is 2. The molecule has 1 aromatic carbocycles. The van der Waals surface area contributed by atoms with Gasteiger partial charge in [-0.2, -0.15) is 0 Å². The van der Waals surface area contributed by atoms with Gasteiger partial charge in [-0.1, -0.05) is 6.92 Å². The molecule has 5 heteroatoms. The predicted molar refractivity (Wildman–Crippen MR) is 57.4 cm³/mol. The summed E-state index contributed by atoms with van der Waals surface area (Å²) in [6, 6.07) is 1.77. The molecule has 0 aliphatic heterocycles. The maximum atomic E-state index is 13.0. The van der Waals surface area contributed by atoms with Crippen LogP contribution >= 0.6 is 0 Å². The number of anilines is 1. The first-order valence-electron chi connectivity index (χ1n) is 5.10. The lowest BCUT2D eigenvalue weighted by molar-refractivity contribution is 0.101. The van der Waals surface area contributed by atoms with Crippen LogP contribution in [-0.2, 0) is 4.74 Å². The van der Waals surface area contributed by atoms with Crippen LogP contribution in [0, 0.1) is 11.6 Å². The molecule has 0 fully saturated rings. The molecule has 2 N–H and O–H groups in total. The van der Waals surface area contributed by atoms with Crippen molar-refractivity contribution < 1.29 is 18.3 Å². The summed E-state index contributed by atoms with van der Waals surface area (Å²) >= 11 is 0. The van der Waals surface area contributed by atoms with Gasteiger partial charge < -0.3 is 15.2 Å². The Labute approximate surface area is 93.2 Å². The minimum absolute atomic E-state index is 0.0117. The second-order valence-corrected chi connectivity index (χ2v) is 3.26. The number of hydrogen-bond acceptors (Lipinski definition) is 3. The molecule has 0 atom stereocenters. The van der Waals surface area contributed by atoms with Gasteiger partial charge in [-0.3, -0.25) is 0 Å². The van der Waals surface area contributed by atoms with E-state index in [-0.39, 0.29) is 18.0 Å². The highest BCUT2D eigenvalue weighted by Gasteiger charge is 2.08. The zero-order valence-electron chi connectivity index (χ0n) is 9.13. The number of benzene rings is 1. The van der Waals surface area contributed by atoms with Crippen LogP contribution in [0.25, 0.3) is 0 Å². The van der Waals surface area contributed by atoms with Crippen molar-refractivity contribution in [2.75, 3.05) is 25.6 Å². The molecule has 0 heterocycles. The third-order valence-electron chi connectivity index (χ3n) is 1.89. The lowest BCUT2D eigenvalue weighted by atomic mass is 10.3. The number of hydrogen-bond donors (Lipinski definition) is 1. The van der Waals surface area contributed by atoms with Gasteiger partial charge in [0.2, 0.25) is 0 Å². The Morgan fingerprint density at radius 1 is 1.19 bits per heavy atom. The van der Waals surface area contributed by atoms with Crippen molar-refractivity contribution >= 4 is 5.69 Å². The summed E-state index contributed by atoms with van der Waals surface area (Å²) in [6.07, 6.45) is 0.913. The Hall–Kier alpha value is -1.36. The molecule has 0 aliphatic rings. The highest BCUT2D eigenvalue weighted by atomic mass is 19.1. The summed E-state index contributed by atoms with van der Waals surface area (Å²) in [4.78, 5) is 0. The smallest absolute Gasteiger partial charge is 0.152 e. The maximum Gasteiger partial charge on any atom is 0.152 e. The van der Waals surface area contributed by atoms with E-state index in [1.165, 1.54) is 0 Å². The fraction of sp³-hybridized carbons (Fsp3) is 0.455. The van der Waals surface area contributed by atoms with Crippen molar-refractivity contribution in [3.63, 3.8) is 0 Å². The fourth-order valence-electron chi connectivity index (χ4n) is 1.14. The standard InChI is InChI=1S/C11H15F2NO2/c1-2-3-15-4-5-16-10-7-8(12)6-9(13)11(10)14/h6-7H,2-5,14H2,1H3. The summed E-state index contributed by atoms with van der Waals surface area (Å²) in [7, 11) is 0. The van der Waals surface area contributed by atoms with Crippen molar-refractivity contribution in [2.24, 2.45) is 0 Å². The topological polar surface area (TPSA) is 44.5 Å². The van der Waals surface area contributed by atoms with Gasteiger partial charge >= 0.3 is 0 Å². The van der Waals surface area contributed by atoms with Gasteiger partial charge in [0, 0.05) is 18.7 Å². The largest absolute Gasteiger partial charge is 0.489 e. The number of nitrogens with two attached hydrogens (primary N) is 1. The summed E-state index contributed by atoms with van der Waals surface area (Å²) in [5.74, 6) is -1.52. The third-order valence-corrected chi connectivity index (χ3v) is 1.89. The van der Waals surface area contributed by atoms with E-state index < -0.39 is 11.6 Å². The van der Waals surface area contributed by atoms with E-state index in [0.29, 0.717) is 13.2 Å². The van der Waals surface area contributed by atoms with E-state index >= 15 is 0 Å². The van der Waals surface area contributed by atoms with Gasteiger partial charge in [-0.15, -0.1) is 0 Å². The highest BCUT2D eigenvalue weighted by molar-refractivity contribution is 5.53. The predicted octanol–water partition coefficient (Wildman–Crippen LogP) is 2.35. The monoisotopic (exact) mass is 231 g/mol. The van der Waals surface area contributed by atoms with Crippen LogP contribution in [0.4, 0.5) is 14.5 Å². The zero-order valence-corrected chi connectivity index (χ0v) is 9.13. The molecule has 3 nitrogen and oxygen atoms in total. The minimum atomic E-state index is -0.815. The second-order valence-electron chi connectivity index (χ2n) is 3.26. The van der Waals surface area contributed by atoms with Crippen LogP contribution in [0.15, 0.2) is 12.1 Å². The number of nitrogen functional groups attached to an aromatic ring is 1. The molecule has 0 unspecified atom stereocenters.